The number of allylic oxidation sites excluding steroid dienone is 2. The van der Waals surface area contributed by atoms with Gasteiger partial charge < -0.3 is 15.4 Å². The molecule has 2 rings (SSSR count). The molecule has 1 saturated carbocycles. The molecule has 1 amide bonds. The Kier molecular flexibility index (Phi) is 4.78. The van der Waals surface area contributed by atoms with Gasteiger partial charge in [-0.05, 0) is 37.5 Å². The van der Waals surface area contributed by atoms with Crippen molar-refractivity contribution in [2.75, 3.05) is 26.8 Å². The Hall–Kier alpha value is -0.870. The molecule has 2 aliphatic carbocycles. The Bertz CT molecular complexity index is 317. The first kappa shape index (κ1) is 13.6. The van der Waals surface area contributed by atoms with Crippen LogP contribution < -0.4 is 10.6 Å². The molecule has 0 aromatic heterocycles. The fourth-order valence-corrected chi connectivity index (χ4v) is 3.16. The van der Waals surface area contributed by atoms with Crippen molar-refractivity contribution >= 4 is 5.91 Å². The average molecular weight is 252 g/mol. The Balaban J connectivity index is 1.64. The second-order valence-corrected chi connectivity index (χ2v) is 5.46. The summed E-state index contributed by atoms with van der Waals surface area (Å²) in [5.41, 5.74) is 0. The molecule has 0 saturated heterocycles. The van der Waals surface area contributed by atoms with Crippen LogP contribution in [0, 0.1) is 17.8 Å². The number of hydrogen-bond acceptors (Lipinski definition) is 3. The predicted molar refractivity (Wildman–Crippen MR) is 71.2 cm³/mol. The fraction of sp³-hybridized carbons (Fsp3) is 0.786. The predicted octanol–water partition coefficient (Wildman–Crippen LogP) is 0.939. The number of amides is 1. The maximum atomic E-state index is 11.6. The lowest BCUT2D eigenvalue weighted by molar-refractivity contribution is -0.120. The lowest BCUT2D eigenvalue weighted by Gasteiger charge is -2.26. The van der Waals surface area contributed by atoms with Crippen LogP contribution in [0.4, 0.5) is 0 Å². The molecular weight excluding hydrogens is 228 g/mol. The molecule has 2 aliphatic rings. The standard InChI is InChI=1S/C14H24N2O2/c1-10(13-8-11-3-4-12(13)7-11)16-9-14(17)15-5-6-18-2/h3-4,10-13,16H,5-9H2,1-2H3,(H,15,17). The zero-order valence-electron chi connectivity index (χ0n) is 11.3. The number of carbonyl (C=O) groups excluding carboxylic acids is 1. The molecule has 0 radical (unpaired) electrons. The molecule has 0 spiro atoms. The van der Waals surface area contributed by atoms with E-state index in [0.29, 0.717) is 31.7 Å². The number of ether oxygens (including phenoxy) is 1. The fourth-order valence-electron chi connectivity index (χ4n) is 3.16. The van der Waals surface area contributed by atoms with Crippen molar-refractivity contribution < 1.29 is 9.53 Å². The second-order valence-electron chi connectivity index (χ2n) is 5.46. The van der Waals surface area contributed by atoms with Crippen LogP contribution in [0.3, 0.4) is 0 Å². The van der Waals surface area contributed by atoms with Crippen LogP contribution in [0.15, 0.2) is 12.2 Å². The van der Waals surface area contributed by atoms with Gasteiger partial charge in [0.2, 0.25) is 5.91 Å². The minimum atomic E-state index is 0.0533. The van der Waals surface area contributed by atoms with Gasteiger partial charge in [-0.3, -0.25) is 4.79 Å². The van der Waals surface area contributed by atoms with E-state index in [1.807, 2.05) is 0 Å². The minimum Gasteiger partial charge on any atom is -0.383 e. The van der Waals surface area contributed by atoms with Gasteiger partial charge in [0.1, 0.15) is 0 Å². The molecule has 1 fully saturated rings. The summed E-state index contributed by atoms with van der Waals surface area (Å²) in [6.45, 7) is 3.75. The largest absolute Gasteiger partial charge is 0.383 e. The maximum Gasteiger partial charge on any atom is 0.234 e. The minimum absolute atomic E-state index is 0.0533. The van der Waals surface area contributed by atoms with Crippen molar-refractivity contribution in [2.45, 2.75) is 25.8 Å². The summed E-state index contributed by atoms with van der Waals surface area (Å²) in [5, 5.41) is 6.17. The van der Waals surface area contributed by atoms with Crippen molar-refractivity contribution in [1.82, 2.24) is 10.6 Å². The van der Waals surface area contributed by atoms with E-state index in [1.54, 1.807) is 7.11 Å². The Morgan fingerprint density at radius 3 is 2.89 bits per heavy atom. The number of nitrogens with one attached hydrogen (secondary N) is 2. The van der Waals surface area contributed by atoms with Crippen molar-refractivity contribution in [3.63, 3.8) is 0 Å². The molecule has 4 unspecified atom stereocenters. The first-order chi connectivity index (χ1) is 8.70. The van der Waals surface area contributed by atoms with E-state index in [0.717, 1.165) is 11.8 Å². The third-order valence-electron chi connectivity index (χ3n) is 4.19. The van der Waals surface area contributed by atoms with Crippen LogP contribution >= 0.6 is 0 Å². The molecule has 4 heteroatoms. The molecule has 102 valence electrons. The van der Waals surface area contributed by atoms with Crippen molar-refractivity contribution in [3.05, 3.63) is 12.2 Å². The zero-order chi connectivity index (χ0) is 13.0. The van der Waals surface area contributed by atoms with Gasteiger partial charge in [0.25, 0.3) is 0 Å². The summed E-state index contributed by atoms with van der Waals surface area (Å²) in [6.07, 6.45) is 7.30. The molecule has 18 heavy (non-hydrogen) atoms. The number of carbonyl (C=O) groups is 1. The third kappa shape index (κ3) is 3.33. The molecule has 2 N–H and O–H groups in total. The van der Waals surface area contributed by atoms with Crippen LogP contribution in [0.5, 0.6) is 0 Å². The van der Waals surface area contributed by atoms with Crippen LogP contribution in [0.25, 0.3) is 0 Å². The number of hydrogen-bond donors (Lipinski definition) is 2. The summed E-state index contributed by atoms with van der Waals surface area (Å²) in [4.78, 5) is 11.6. The number of fused-ring (bicyclic) bond motifs is 2. The molecule has 4 nitrogen and oxygen atoms in total. The highest BCUT2D eigenvalue weighted by atomic mass is 16.5. The molecule has 0 aromatic carbocycles. The normalized spacial score (nSPS) is 30.7. The second kappa shape index (κ2) is 6.34. The number of rotatable bonds is 7. The van der Waals surface area contributed by atoms with E-state index in [1.165, 1.54) is 12.8 Å². The first-order valence-electron chi connectivity index (χ1n) is 6.88. The van der Waals surface area contributed by atoms with E-state index in [2.05, 4.69) is 29.7 Å². The summed E-state index contributed by atoms with van der Waals surface area (Å²) >= 11 is 0. The highest BCUT2D eigenvalue weighted by Gasteiger charge is 2.38. The lowest BCUT2D eigenvalue weighted by atomic mass is 9.87. The summed E-state index contributed by atoms with van der Waals surface area (Å²) in [7, 11) is 1.63. The van der Waals surface area contributed by atoms with Gasteiger partial charge in [0.15, 0.2) is 0 Å². The van der Waals surface area contributed by atoms with Gasteiger partial charge in [-0.25, -0.2) is 0 Å². The van der Waals surface area contributed by atoms with E-state index in [4.69, 9.17) is 4.74 Å². The van der Waals surface area contributed by atoms with Crippen molar-refractivity contribution in [2.24, 2.45) is 17.8 Å². The van der Waals surface area contributed by atoms with Gasteiger partial charge in [-0.1, -0.05) is 12.2 Å². The Labute approximate surface area is 109 Å². The summed E-state index contributed by atoms with van der Waals surface area (Å²) < 4.78 is 4.89. The van der Waals surface area contributed by atoms with Gasteiger partial charge in [-0.15, -0.1) is 0 Å². The molecule has 0 aromatic rings. The van der Waals surface area contributed by atoms with Crippen molar-refractivity contribution in [3.8, 4) is 0 Å². The third-order valence-corrected chi connectivity index (χ3v) is 4.19. The smallest absolute Gasteiger partial charge is 0.234 e. The van der Waals surface area contributed by atoms with Gasteiger partial charge in [0.05, 0.1) is 13.2 Å². The highest BCUT2D eigenvalue weighted by Crippen LogP contribution is 2.44. The van der Waals surface area contributed by atoms with Crippen LogP contribution in [0.1, 0.15) is 19.8 Å². The van der Waals surface area contributed by atoms with Gasteiger partial charge in [-0.2, -0.15) is 0 Å². The Morgan fingerprint density at radius 1 is 1.44 bits per heavy atom. The zero-order valence-corrected chi connectivity index (χ0v) is 11.3. The molecule has 0 heterocycles. The Morgan fingerprint density at radius 2 is 2.28 bits per heavy atom. The van der Waals surface area contributed by atoms with Crippen LogP contribution in [-0.4, -0.2) is 38.8 Å². The quantitative estimate of drug-likeness (QED) is 0.524. The topological polar surface area (TPSA) is 50.4 Å². The SMILES string of the molecule is COCCNC(=O)CNC(C)C1CC2C=CC1C2. The summed E-state index contributed by atoms with van der Waals surface area (Å²) in [5.74, 6) is 2.28. The summed E-state index contributed by atoms with van der Waals surface area (Å²) in [6, 6.07) is 0.415. The van der Waals surface area contributed by atoms with E-state index < -0.39 is 0 Å². The highest BCUT2D eigenvalue weighted by molar-refractivity contribution is 5.77. The van der Waals surface area contributed by atoms with Crippen LogP contribution in [-0.2, 0) is 9.53 Å². The molecule has 2 bridgehead atoms. The average Bonchev–Trinajstić information content (AvgIpc) is 2.98. The van der Waals surface area contributed by atoms with Crippen LogP contribution in [0.2, 0.25) is 0 Å². The maximum absolute atomic E-state index is 11.6. The lowest BCUT2D eigenvalue weighted by Crippen LogP contribution is -2.42. The van der Waals surface area contributed by atoms with Crippen molar-refractivity contribution in [1.29, 1.82) is 0 Å². The molecule has 4 atom stereocenters. The van der Waals surface area contributed by atoms with Gasteiger partial charge >= 0.3 is 0 Å². The first-order valence-corrected chi connectivity index (χ1v) is 6.88. The van der Waals surface area contributed by atoms with E-state index >= 15 is 0 Å². The van der Waals surface area contributed by atoms with E-state index in [-0.39, 0.29) is 5.91 Å². The molecule has 0 aliphatic heterocycles. The van der Waals surface area contributed by atoms with Gasteiger partial charge in [0, 0.05) is 19.7 Å². The molecular formula is C14H24N2O2. The van der Waals surface area contributed by atoms with E-state index in [9.17, 15) is 4.79 Å². The monoisotopic (exact) mass is 252 g/mol. The number of methoxy groups -OCH3 is 1.